The van der Waals surface area contributed by atoms with Gasteiger partial charge >= 0.3 is 5.97 Å². The van der Waals surface area contributed by atoms with Gasteiger partial charge in [0.25, 0.3) is 0 Å². The molecule has 0 radical (unpaired) electrons. The average molecular weight is 254 g/mol. The first-order valence-electron chi connectivity index (χ1n) is 5.41. The van der Waals surface area contributed by atoms with Gasteiger partial charge < -0.3 is 15.7 Å². The lowest BCUT2D eigenvalue weighted by Gasteiger charge is -2.28. The molecular formula is C12H15FN2O3. The number of amides is 1. The van der Waals surface area contributed by atoms with Gasteiger partial charge in [0.05, 0.1) is 12.2 Å². The Labute approximate surface area is 104 Å². The first-order valence-corrected chi connectivity index (χ1v) is 5.41. The van der Waals surface area contributed by atoms with Crippen LogP contribution in [0.3, 0.4) is 0 Å². The Bertz CT molecular complexity index is 474. The largest absolute Gasteiger partial charge is 0.478 e. The number of rotatable bonds is 5. The lowest BCUT2D eigenvalue weighted by Crippen LogP contribution is -2.39. The smallest absolute Gasteiger partial charge is 0.340 e. The molecule has 1 amide bonds. The minimum atomic E-state index is -1.38. The SMILES string of the molecule is CC(C)N(CC(N)=O)c1cccc(F)c1C(=O)O. The van der Waals surface area contributed by atoms with Gasteiger partial charge in [0.2, 0.25) is 5.91 Å². The Morgan fingerprint density at radius 3 is 2.50 bits per heavy atom. The first kappa shape index (κ1) is 14.0. The van der Waals surface area contributed by atoms with Gasteiger partial charge in [0.1, 0.15) is 11.4 Å². The molecule has 18 heavy (non-hydrogen) atoms. The van der Waals surface area contributed by atoms with E-state index in [1.165, 1.54) is 17.0 Å². The second-order valence-electron chi connectivity index (χ2n) is 4.13. The van der Waals surface area contributed by atoms with E-state index in [-0.39, 0.29) is 18.3 Å². The number of halogens is 1. The number of hydrogen-bond donors (Lipinski definition) is 2. The van der Waals surface area contributed by atoms with E-state index in [1.807, 2.05) is 0 Å². The van der Waals surface area contributed by atoms with Gasteiger partial charge in [-0.05, 0) is 26.0 Å². The second-order valence-corrected chi connectivity index (χ2v) is 4.13. The van der Waals surface area contributed by atoms with Crippen LogP contribution in [0, 0.1) is 5.82 Å². The zero-order valence-electron chi connectivity index (χ0n) is 10.2. The van der Waals surface area contributed by atoms with Gasteiger partial charge in [-0.1, -0.05) is 6.07 Å². The van der Waals surface area contributed by atoms with Crippen molar-refractivity contribution in [2.75, 3.05) is 11.4 Å². The summed E-state index contributed by atoms with van der Waals surface area (Å²) in [4.78, 5) is 23.5. The summed E-state index contributed by atoms with van der Waals surface area (Å²) in [7, 11) is 0. The van der Waals surface area contributed by atoms with Gasteiger partial charge in [0, 0.05) is 6.04 Å². The van der Waals surface area contributed by atoms with Crippen LogP contribution in [0.15, 0.2) is 18.2 Å². The molecule has 0 saturated heterocycles. The van der Waals surface area contributed by atoms with Crippen molar-refractivity contribution in [2.45, 2.75) is 19.9 Å². The molecule has 0 fully saturated rings. The maximum absolute atomic E-state index is 13.5. The molecule has 1 rings (SSSR count). The van der Waals surface area contributed by atoms with E-state index in [2.05, 4.69) is 0 Å². The van der Waals surface area contributed by atoms with E-state index < -0.39 is 23.3 Å². The van der Waals surface area contributed by atoms with E-state index in [1.54, 1.807) is 13.8 Å². The van der Waals surface area contributed by atoms with Gasteiger partial charge in [-0.3, -0.25) is 4.79 Å². The number of carboxylic acids is 1. The lowest BCUT2D eigenvalue weighted by atomic mass is 10.1. The van der Waals surface area contributed by atoms with Crippen molar-refractivity contribution < 1.29 is 19.1 Å². The summed E-state index contributed by atoms with van der Waals surface area (Å²) < 4.78 is 13.5. The summed E-state index contributed by atoms with van der Waals surface area (Å²) in [5, 5.41) is 9.03. The number of carbonyl (C=O) groups excluding carboxylic acids is 1. The quantitative estimate of drug-likeness (QED) is 0.827. The lowest BCUT2D eigenvalue weighted by molar-refractivity contribution is -0.116. The maximum atomic E-state index is 13.5. The molecule has 0 aliphatic heterocycles. The first-order chi connectivity index (χ1) is 8.34. The molecule has 0 heterocycles. The Hall–Kier alpha value is -2.11. The van der Waals surface area contributed by atoms with Crippen molar-refractivity contribution in [3.63, 3.8) is 0 Å². The fourth-order valence-corrected chi connectivity index (χ4v) is 1.68. The molecule has 1 aromatic rings. The summed E-state index contributed by atoms with van der Waals surface area (Å²) in [5.41, 5.74) is 4.81. The number of primary amides is 1. The predicted octanol–water partition coefficient (Wildman–Crippen LogP) is 1.22. The van der Waals surface area contributed by atoms with Gasteiger partial charge in [-0.25, -0.2) is 9.18 Å². The van der Waals surface area contributed by atoms with Crippen LogP contribution in [0.5, 0.6) is 0 Å². The van der Waals surface area contributed by atoms with Crippen LogP contribution in [-0.4, -0.2) is 29.6 Å². The molecule has 0 atom stereocenters. The monoisotopic (exact) mass is 254 g/mol. The van der Waals surface area contributed by atoms with Crippen LogP contribution in [0.4, 0.5) is 10.1 Å². The zero-order valence-corrected chi connectivity index (χ0v) is 10.2. The highest BCUT2D eigenvalue weighted by Crippen LogP contribution is 2.24. The van der Waals surface area contributed by atoms with Crippen molar-refractivity contribution in [1.29, 1.82) is 0 Å². The summed E-state index contributed by atoms with van der Waals surface area (Å²) in [6.45, 7) is 3.36. The van der Waals surface area contributed by atoms with Crippen LogP contribution < -0.4 is 10.6 Å². The molecule has 0 spiro atoms. The number of nitrogens with zero attached hydrogens (tertiary/aromatic N) is 1. The van der Waals surface area contributed by atoms with Crippen molar-refractivity contribution >= 4 is 17.6 Å². The van der Waals surface area contributed by atoms with Crippen molar-refractivity contribution in [2.24, 2.45) is 5.73 Å². The number of nitrogens with two attached hydrogens (primary N) is 1. The number of carboxylic acid groups (broad SMARTS) is 1. The third-order valence-electron chi connectivity index (χ3n) is 2.46. The molecule has 1 aromatic carbocycles. The van der Waals surface area contributed by atoms with E-state index in [4.69, 9.17) is 10.8 Å². The van der Waals surface area contributed by atoms with Crippen molar-refractivity contribution in [3.8, 4) is 0 Å². The fourth-order valence-electron chi connectivity index (χ4n) is 1.68. The van der Waals surface area contributed by atoms with Crippen molar-refractivity contribution in [1.82, 2.24) is 0 Å². The summed E-state index contributed by atoms with van der Waals surface area (Å²) in [6, 6.07) is 3.73. The van der Waals surface area contributed by atoms with E-state index in [0.717, 1.165) is 6.07 Å². The van der Waals surface area contributed by atoms with Gasteiger partial charge in [-0.15, -0.1) is 0 Å². The normalized spacial score (nSPS) is 10.4. The Kier molecular flexibility index (Phi) is 4.25. The third kappa shape index (κ3) is 2.97. The van der Waals surface area contributed by atoms with Crippen molar-refractivity contribution in [3.05, 3.63) is 29.6 Å². The van der Waals surface area contributed by atoms with Crippen LogP contribution in [0.25, 0.3) is 0 Å². The highest BCUT2D eigenvalue weighted by molar-refractivity contribution is 5.95. The second kappa shape index (κ2) is 5.48. The molecule has 98 valence electrons. The van der Waals surface area contributed by atoms with E-state index in [9.17, 15) is 14.0 Å². The van der Waals surface area contributed by atoms with Gasteiger partial charge in [-0.2, -0.15) is 0 Å². The van der Waals surface area contributed by atoms with Crippen LogP contribution >= 0.6 is 0 Å². The molecule has 0 unspecified atom stereocenters. The van der Waals surface area contributed by atoms with Crippen LogP contribution in [-0.2, 0) is 4.79 Å². The summed E-state index contributed by atoms with van der Waals surface area (Å²) in [6.07, 6.45) is 0. The number of hydrogen-bond acceptors (Lipinski definition) is 3. The number of anilines is 1. The van der Waals surface area contributed by atoms with E-state index >= 15 is 0 Å². The maximum Gasteiger partial charge on any atom is 0.340 e. The predicted molar refractivity (Wildman–Crippen MR) is 65.0 cm³/mol. The number of aromatic carboxylic acids is 1. The Morgan fingerprint density at radius 2 is 2.06 bits per heavy atom. The van der Waals surface area contributed by atoms with Gasteiger partial charge in [0.15, 0.2) is 0 Å². The van der Waals surface area contributed by atoms with Crippen LogP contribution in [0.2, 0.25) is 0 Å². The molecule has 0 aliphatic rings. The Morgan fingerprint density at radius 1 is 1.44 bits per heavy atom. The molecular weight excluding hydrogens is 239 g/mol. The molecule has 0 saturated carbocycles. The fraction of sp³-hybridized carbons (Fsp3) is 0.333. The Balaban J connectivity index is 3.32. The highest BCUT2D eigenvalue weighted by atomic mass is 19.1. The van der Waals surface area contributed by atoms with Crippen LogP contribution in [0.1, 0.15) is 24.2 Å². The molecule has 0 aliphatic carbocycles. The zero-order chi connectivity index (χ0) is 13.9. The molecule has 0 bridgehead atoms. The molecule has 6 heteroatoms. The number of benzene rings is 1. The standard InChI is InChI=1S/C12H15FN2O3/c1-7(2)15(6-10(14)16)9-5-3-4-8(13)11(9)12(17)18/h3-5,7H,6H2,1-2H3,(H2,14,16)(H,17,18). The third-order valence-corrected chi connectivity index (χ3v) is 2.46. The minimum Gasteiger partial charge on any atom is -0.478 e. The average Bonchev–Trinajstić information content (AvgIpc) is 2.24. The minimum absolute atomic E-state index is 0.149. The topological polar surface area (TPSA) is 83.6 Å². The molecule has 0 aromatic heterocycles. The highest BCUT2D eigenvalue weighted by Gasteiger charge is 2.22. The summed E-state index contributed by atoms with van der Waals surface area (Å²) >= 11 is 0. The number of carbonyl (C=O) groups is 2. The molecule has 5 nitrogen and oxygen atoms in total. The van der Waals surface area contributed by atoms with E-state index in [0.29, 0.717) is 0 Å². The summed E-state index contributed by atoms with van der Waals surface area (Å²) in [5.74, 6) is -2.82. The molecule has 3 N–H and O–H groups in total.